The minimum Gasteiger partial charge on any atom is -0.496 e. The van der Waals surface area contributed by atoms with E-state index in [-0.39, 0.29) is 22.4 Å². The van der Waals surface area contributed by atoms with Gasteiger partial charge < -0.3 is 25.8 Å². The summed E-state index contributed by atoms with van der Waals surface area (Å²) in [5.41, 5.74) is 8.24. The molecule has 1 fully saturated rings. The molecule has 4 rings (SSSR count). The van der Waals surface area contributed by atoms with Gasteiger partial charge in [0.1, 0.15) is 11.5 Å². The maximum absolute atomic E-state index is 12.5. The predicted molar refractivity (Wildman–Crippen MR) is 124 cm³/mol. The van der Waals surface area contributed by atoms with Gasteiger partial charge in [0.05, 0.1) is 34.6 Å². The minimum absolute atomic E-state index is 0.211. The van der Waals surface area contributed by atoms with Gasteiger partial charge in [-0.15, -0.1) is 0 Å². The van der Waals surface area contributed by atoms with E-state index in [0.717, 1.165) is 12.8 Å². The number of benzene rings is 2. The van der Waals surface area contributed by atoms with Crippen LogP contribution in [-0.4, -0.2) is 36.9 Å². The van der Waals surface area contributed by atoms with Gasteiger partial charge in [-0.1, -0.05) is 11.6 Å². The highest BCUT2D eigenvalue weighted by Crippen LogP contribution is 2.43. The summed E-state index contributed by atoms with van der Waals surface area (Å²) < 4.78 is 11.5. The van der Waals surface area contributed by atoms with Gasteiger partial charge in [-0.3, -0.25) is 14.6 Å². The lowest BCUT2D eigenvalue weighted by Gasteiger charge is -2.17. The monoisotopic (exact) mass is 454 g/mol. The Balaban J connectivity index is 1.79. The molecule has 1 aliphatic carbocycles. The topological polar surface area (TPSA) is 116 Å². The number of halogens is 1. The van der Waals surface area contributed by atoms with E-state index in [9.17, 15) is 9.59 Å². The van der Waals surface area contributed by atoms with E-state index in [1.54, 1.807) is 30.5 Å². The number of nitrogens with one attached hydrogen (secondary N) is 2. The molecule has 0 bridgehead atoms. The molecule has 1 aliphatic rings. The molecule has 1 heterocycles. The van der Waals surface area contributed by atoms with Crippen molar-refractivity contribution in [2.24, 2.45) is 0 Å². The number of aldehydes is 1. The van der Waals surface area contributed by atoms with Crippen LogP contribution in [0.3, 0.4) is 0 Å². The molecule has 9 heteroatoms. The Bertz CT molecular complexity index is 1210. The average molecular weight is 455 g/mol. The third kappa shape index (κ3) is 4.13. The van der Waals surface area contributed by atoms with Crippen LogP contribution in [0, 0.1) is 0 Å². The molecule has 0 radical (unpaired) electrons. The third-order valence-corrected chi connectivity index (χ3v) is 5.57. The summed E-state index contributed by atoms with van der Waals surface area (Å²) in [6, 6.07) is 6.83. The molecule has 0 atom stereocenters. The van der Waals surface area contributed by atoms with E-state index >= 15 is 0 Å². The maximum atomic E-state index is 12.5. The smallest absolute Gasteiger partial charge is 0.255 e. The third-order valence-electron chi connectivity index (χ3n) is 5.17. The number of nitrogen functional groups attached to an aromatic ring is 1. The van der Waals surface area contributed by atoms with Crippen LogP contribution in [-0.2, 0) is 0 Å². The fraction of sp³-hybridized carbons (Fsp3) is 0.261. The normalized spacial score (nSPS) is 13.0. The van der Waals surface area contributed by atoms with E-state index in [0.29, 0.717) is 58.1 Å². The first kappa shape index (κ1) is 21.7. The predicted octanol–water partition coefficient (Wildman–Crippen LogP) is 4.41. The number of anilines is 2. The lowest BCUT2D eigenvalue weighted by molar-refractivity contribution is 0.0952. The number of ether oxygens (including phenoxy) is 2. The van der Waals surface area contributed by atoms with Crippen molar-refractivity contribution in [2.45, 2.75) is 25.8 Å². The summed E-state index contributed by atoms with van der Waals surface area (Å²) >= 11 is 6.47. The van der Waals surface area contributed by atoms with Crippen LogP contribution in [0.15, 0.2) is 30.5 Å². The van der Waals surface area contributed by atoms with Crippen molar-refractivity contribution in [2.75, 3.05) is 24.7 Å². The Hall–Kier alpha value is -3.52. The Morgan fingerprint density at radius 2 is 2.06 bits per heavy atom. The van der Waals surface area contributed by atoms with Gasteiger partial charge in [-0.05, 0) is 38.0 Å². The van der Waals surface area contributed by atoms with E-state index in [2.05, 4.69) is 15.6 Å². The number of aromatic nitrogens is 1. The molecule has 1 aromatic heterocycles. The van der Waals surface area contributed by atoms with Crippen LogP contribution in [0.25, 0.3) is 10.9 Å². The van der Waals surface area contributed by atoms with Crippen LogP contribution in [0.4, 0.5) is 11.4 Å². The first-order valence-electron chi connectivity index (χ1n) is 10.2. The van der Waals surface area contributed by atoms with Gasteiger partial charge in [0.15, 0.2) is 12.0 Å². The molecule has 166 valence electrons. The lowest BCUT2D eigenvalue weighted by atomic mass is 10.1. The number of rotatable bonds is 8. The number of nitrogens with zero attached hydrogens (tertiary/aromatic N) is 1. The zero-order valence-corrected chi connectivity index (χ0v) is 18.5. The Kier molecular flexibility index (Phi) is 6.05. The van der Waals surface area contributed by atoms with Gasteiger partial charge in [0.25, 0.3) is 5.91 Å². The number of nitrogens with two attached hydrogens (primary N) is 1. The quantitative estimate of drug-likeness (QED) is 0.341. The van der Waals surface area contributed by atoms with Gasteiger partial charge >= 0.3 is 0 Å². The molecular weight excluding hydrogens is 432 g/mol. The summed E-state index contributed by atoms with van der Waals surface area (Å²) in [6.07, 6.45) is 4.33. The fourth-order valence-corrected chi connectivity index (χ4v) is 3.63. The zero-order chi connectivity index (χ0) is 22.8. The second kappa shape index (κ2) is 8.92. The van der Waals surface area contributed by atoms with Crippen LogP contribution >= 0.6 is 11.6 Å². The van der Waals surface area contributed by atoms with Crippen molar-refractivity contribution in [3.63, 3.8) is 0 Å². The van der Waals surface area contributed by atoms with Crippen molar-refractivity contribution >= 4 is 46.1 Å². The summed E-state index contributed by atoms with van der Waals surface area (Å²) in [5.74, 6) is 0.767. The molecular formula is C23H23ClN4O4. The van der Waals surface area contributed by atoms with Crippen LogP contribution in [0.1, 0.15) is 40.5 Å². The highest BCUT2D eigenvalue weighted by molar-refractivity contribution is 6.36. The van der Waals surface area contributed by atoms with Gasteiger partial charge in [0, 0.05) is 35.8 Å². The van der Waals surface area contributed by atoms with Crippen molar-refractivity contribution in [1.29, 1.82) is 0 Å². The van der Waals surface area contributed by atoms with Crippen LogP contribution in [0.2, 0.25) is 5.02 Å². The van der Waals surface area contributed by atoms with Crippen molar-refractivity contribution in [1.82, 2.24) is 10.3 Å². The number of fused-ring (bicyclic) bond motifs is 1. The molecule has 0 saturated heterocycles. The largest absolute Gasteiger partial charge is 0.496 e. The second-order valence-electron chi connectivity index (χ2n) is 7.44. The molecule has 8 nitrogen and oxygen atoms in total. The van der Waals surface area contributed by atoms with Crippen LogP contribution < -0.4 is 25.8 Å². The summed E-state index contributed by atoms with van der Waals surface area (Å²) in [4.78, 5) is 28.6. The van der Waals surface area contributed by atoms with Crippen molar-refractivity contribution in [3.05, 3.63) is 46.6 Å². The summed E-state index contributed by atoms with van der Waals surface area (Å²) in [6.45, 7) is 2.31. The molecule has 0 aliphatic heterocycles. The Morgan fingerprint density at radius 3 is 2.72 bits per heavy atom. The molecule has 0 unspecified atom stereocenters. The number of hydrogen-bond donors (Lipinski definition) is 3. The number of methoxy groups -OCH3 is 1. The van der Waals surface area contributed by atoms with Gasteiger partial charge in [-0.25, -0.2) is 0 Å². The standard InChI is InChI=1S/C23H23ClN4O4/c1-3-26-23(30)15-9-14-16(10-18(15)31-2)27-7-6-17(14)32-19-8-12(11-29)22(20(24)21(19)25)28-13-4-5-13/h6-11,13,28H,3-5,25H2,1-2H3,(H,26,30). The van der Waals surface area contributed by atoms with Gasteiger partial charge in [0.2, 0.25) is 0 Å². The summed E-state index contributed by atoms with van der Waals surface area (Å²) in [5, 5.41) is 6.83. The number of hydrogen-bond acceptors (Lipinski definition) is 7. The minimum atomic E-state index is -0.276. The number of carbonyl (C=O) groups excluding carboxylic acids is 2. The maximum Gasteiger partial charge on any atom is 0.255 e. The molecule has 1 saturated carbocycles. The number of pyridine rings is 1. The molecule has 32 heavy (non-hydrogen) atoms. The zero-order valence-electron chi connectivity index (χ0n) is 17.7. The first-order chi connectivity index (χ1) is 15.5. The number of carbonyl (C=O) groups is 2. The lowest BCUT2D eigenvalue weighted by Crippen LogP contribution is -2.23. The van der Waals surface area contributed by atoms with Crippen molar-refractivity contribution < 1.29 is 19.1 Å². The Labute approximate surface area is 190 Å². The van der Waals surface area contributed by atoms with E-state index < -0.39 is 0 Å². The molecule has 3 aromatic rings. The fourth-order valence-electron chi connectivity index (χ4n) is 3.37. The van der Waals surface area contributed by atoms with E-state index in [1.165, 1.54) is 7.11 Å². The van der Waals surface area contributed by atoms with E-state index in [1.807, 2.05) is 6.92 Å². The Morgan fingerprint density at radius 1 is 1.28 bits per heavy atom. The first-order valence-corrected chi connectivity index (χ1v) is 10.6. The molecule has 4 N–H and O–H groups in total. The highest BCUT2D eigenvalue weighted by atomic mass is 35.5. The summed E-state index contributed by atoms with van der Waals surface area (Å²) in [7, 11) is 1.49. The molecule has 1 amide bonds. The SMILES string of the molecule is CCNC(=O)c1cc2c(Oc3cc(C=O)c(NC4CC4)c(Cl)c3N)ccnc2cc1OC. The van der Waals surface area contributed by atoms with E-state index in [4.69, 9.17) is 26.8 Å². The number of amides is 1. The highest BCUT2D eigenvalue weighted by Gasteiger charge is 2.25. The van der Waals surface area contributed by atoms with Gasteiger partial charge in [-0.2, -0.15) is 0 Å². The molecule has 0 spiro atoms. The second-order valence-corrected chi connectivity index (χ2v) is 7.82. The van der Waals surface area contributed by atoms with Crippen LogP contribution in [0.5, 0.6) is 17.2 Å². The molecule has 2 aromatic carbocycles. The average Bonchev–Trinajstić information content (AvgIpc) is 3.62. The van der Waals surface area contributed by atoms with Crippen molar-refractivity contribution in [3.8, 4) is 17.2 Å².